The van der Waals surface area contributed by atoms with Crippen LogP contribution < -0.4 is 10.2 Å². The van der Waals surface area contributed by atoms with E-state index in [1.165, 1.54) is 6.26 Å². The summed E-state index contributed by atoms with van der Waals surface area (Å²) in [4.78, 5) is 22.5. The SMILES string of the molecule is O=C(NC1CCN(c2ncccn2)CC1)c1ccco1. The first kappa shape index (κ1) is 12.7. The second-order valence-corrected chi connectivity index (χ2v) is 4.76. The number of rotatable bonds is 3. The summed E-state index contributed by atoms with van der Waals surface area (Å²) in [6.45, 7) is 1.68. The van der Waals surface area contributed by atoms with Crippen molar-refractivity contribution in [2.24, 2.45) is 0 Å². The number of hydrogen-bond donors (Lipinski definition) is 1. The molecule has 1 aliphatic heterocycles. The van der Waals surface area contributed by atoms with E-state index in [0.29, 0.717) is 5.76 Å². The van der Waals surface area contributed by atoms with Crippen molar-refractivity contribution in [2.75, 3.05) is 18.0 Å². The Labute approximate surface area is 116 Å². The van der Waals surface area contributed by atoms with Crippen LogP contribution >= 0.6 is 0 Å². The number of furan rings is 1. The molecular weight excluding hydrogens is 256 g/mol. The molecule has 0 aromatic carbocycles. The number of piperidine rings is 1. The quantitative estimate of drug-likeness (QED) is 0.916. The summed E-state index contributed by atoms with van der Waals surface area (Å²) in [6, 6.07) is 5.36. The van der Waals surface area contributed by atoms with E-state index in [2.05, 4.69) is 20.2 Å². The maximum Gasteiger partial charge on any atom is 0.287 e. The Morgan fingerprint density at radius 3 is 2.65 bits per heavy atom. The Hall–Kier alpha value is -2.37. The van der Waals surface area contributed by atoms with Crippen LogP contribution in [0, 0.1) is 0 Å². The first-order valence-electron chi connectivity index (χ1n) is 6.69. The van der Waals surface area contributed by atoms with Crippen LogP contribution in [0.4, 0.5) is 5.95 Å². The van der Waals surface area contributed by atoms with Gasteiger partial charge in [0.25, 0.3) is 5.91 Å². The van der Waals surface area contributed by atoms with E-state index in [9.17, 15) is 4.79 Å². The lowest BCUT2D eigenvalue weighted by molar-refractivity contribution is 0.0903. The van der Waals surface area contributed by atoms with Gasteiger partial charge in [0.2, 0.25) is 5.95 Å². The van der Waals surface area contributed by atoms with Gasteiger partial charge in [-0.25, -0.2) is 9.97 Å². The van der Waals surface area contributed by atoms with Crippen molar-refractivity contribution in [3.05, 3.63) is 42.6 Å². The largest absolute Gasteiger partial charge is 0.459 e. The van der Waals surface area contributed by atoms with E-state index in [1.54, 1.807) is 30.6 Å². The van der Waals surface area contributed by atoms with Crippen molar-refractivity contribution in [2.45, 2.75) is 18.9 Å². The van der Waals surface area contributed by atoms with Crippen LogP contribution in [0.1, 0.15) is 23.4 Å². The predicted molar refractivity (Wildman–Crippen MR) is 73.4 cm³/mol. The van der Waals surface area contributed by atoms with Gasteiger partial charge >= 0.3 is 0 Å². The number of hydrogen-bond acceptors (Lipinski definition) is 5. The highest BCUT2D eigenvalue weighted by Crippen LogP contribution is 2.15. The van der Waals surface area contributed by atoms with E-state index in [-0.39, 0.29) is 11.9 Å². The molecule has 2 aromatic rings. The van der Waals surface area contributed by atoms with E-state index >= 15 is 0 Å². The van der Waals surface area contributed by atoms with Gasteiger partial charge in [-0.1, -0.05) is 0 Å². The molecule has 0 bridgehead atoms. The maximum atomic E-state index is 11.9. The van der Waals surface area contributed by atoms with Crippen molar-refractivity contribution >= 4 is 11.9 Å². The van der Waals surface area contributed by atoms with Crippen LogP contribution in [0.5, 0.6) is 0 Å². The number of anilines is 1. The summed E-state index contributed by atoms with van der Waals surface area (Å²) in [7, 11) is 0. The van der Waals surface area contributed by atoms with E-state index < -0.39 is 0 Å². The zero-order valence-electron chi connectivity index (χ0n) is 11.0. The monoisotopic (exact) mass is 272 g/mol. The van der Waals surface area contributed by atoms with Crippen molar-refractivity contribution in [3.8, 4) is 0 Å². The summed E-state index contributed by atoms with van der Waals surface area (Å²) in [5.41, 5.74) is 0. The van der Waals surface area contributed by atoms with Crippen LogP contribution in [0.15, 0.2) is 41.3 Å². The average molecular weight is 272 g/mol. The summed E-state index contributed by atoms with van der Waals surface area (Å²) in [5, 5.41) is 2.99. The Morgan fingerprint density at radius 2 is 2.00 bits per heavy atom. The smallest absolute Gasteiger partial charge is 0.287 e. The van der Waals surface area contributed by atoms with Crippen LogP contribution in [0.25, 0.3) is 0 Å². The molecule has 1 amide bonds. The number of aromatic nitrogens is 2. The molecule has 0 unspecified atom stereocenters. The van der Waals surface area contributed by atoms with Crippen molar-refractivity contribution < 1.29 is 9.21 Å². The molecule has 3 heterocycles. The lowest BCUT2D eigenvalue weighted by Gasteiger charge is -2.32. The van der Waals surface area contributed by atoms with Crippen LogP contribution in [-0.4, -0.2) is 35.0 Å². The number of carbonyl (C=O) groups is 1. The third-order valence-electron chi connectivity index (χ3n) is 3.41. The minimum atomic E-state index is -0.149. The molecular formula is C14H16N4O2. The summed E-state index contributed by atoms with van der Waals surface area (Å²) in [5.74, 6) is 0.964. The first-order valence-corrected chi connectivity index (χ1v) is 6.69. The Bertz CT molecular complexity index is 548. The summed E-state index contributed by atoms with van der Waals surface area (Å²) in [6.07, 6.45) is 6.75. The molecule has 6 nitrogen and oxygen atoms in total. The fourth-order valence-corrected chi connectivity index (χ4v) is 2.34. The first-order chi connectivity index (χ1) is 9.83. The molecule has 0 aliphatic carbocycles. The van der Waals surface area contributed by atoms with E-state index in [4.69, 9.17) is 4.42 Å². The van der Waals surface area contributed by atoms with Crippen molar-refractivity contribution in [1.29, 1.82) is 0 Å². The van der Waals surface area contributed by atoms with Gasteiger partial charge in [0.05, 0.1) is 6.26 Å². The van der Waals surface area contributed by atoms with Gasteiger partial charge in [-0.2, -0.15) is 0 Å². The molecule has 1 fully saturated rings. The molecule has 1 N–H and O–H groups in total. The molecule has 0 spiro atoms. The van der Waals surface area contributed by atoms with Crippen molar-refractivity contribution in [3.63, 3.8) is 0 Å². The molecule has 104 valence electrons. The van der Waals surface area contributed by atoms with Gasteiger partial charge in [0, 0.05) is 31.5 Å². The molecule has 20 heavy (non-hydrogen) atoms. The number of amides is 1. The molecule has 1 saturated heterocycles. The molecule has 1 aliphatic rings. The van der Waals surface area contributed by atoms with Crippen molar-refractivity contribution in [1.82, 2.24) is 15.3 Å². The Morgan fingerprint density at radius 1 is 1.25 bits per heavy atom. The highest BCUT2D eigenvalue weighted by atomic mass is 16.3. The van der Waals surface area contributed by atoms with Gasteiger partial charge in [-0.3, -0.25) is 4.79 Å². The minimum absolute atomic E-state index is 0.149. The molecule has 6 heteroatoms. The fourth-order valence-electron chi connectivity index (χ4n) is 2.34. The third kappa shape index (κ3) is 2.79. The lowest BCUT2D eigenvalue weighted by Crippen LogP contribution is -2.45. The second-order valence-electron chi connectivity index (χ2n) is 4.76. The van der Waals surface area contributed by atoms with E-state index in [0.717, 1.165) is 31.9 Å². The standard InChI is InChI=1S/C14H16N4O2/c19-13(12-3-1-10-20-12)17-11-4-8-18(9-5-11)14-15-6-2-7-16-14/h1-3,6-7,10-11H,4-5,8-9H2,(H,17,19). The normalized spacial score (nSPS) is 16.1. The summed E-state index contributed by atoms with van der Waals surface area (Å²) < 4.78 is 5.08. The Kier molecular flexibility index (Phi) is 3.62. The molecule has 0 radical (unpaired) electrons. The molecule has 3 rings (SSSR count). The number of carbonyl (C=O) groups excluding carboxylic acids is 1. The Balaban J connectivity index is 1.53. The van der Waals surface area contributed by atoms with Gasteiger partial charge in [0.15, 0.2) is 5.76 Å². The number of nitrogens with zero attached hydrogens (tertiary/aromatic N) is 3. The lowest BCUT2D eigenvalue weighted by atomic mass is 10.1. The minimum Gasteiger partial charge on any atom is -0.459 e. The zero-order valence-corrected chi connectivity index (χ0v) is 11.0. The van der Waals surface area contributed by atoms with Gasteiger partial charge < -0.3 is 14.6 Å². The van der Waals surface area contributed by atoms with Gasteiger partial charge in [-0.05, 0) is 31.0 Å². The highest BCUT2D eigenvalue weighted by Gasteiger charge is 2.23. The molecule has 0 atom stereocenters. The molecule has 2 aromatic heterocycles. The topological polar surface area (TPSA) is 71.3 Å². The highest BCUT2D eigenvalue weighted by molar-refractivity contribution is 5.91. The van der Waals surface area contributed by atoms with Gasteiger partial charge in [-0.15, -0.1) is 0 Å². The predicted octanol–water partition coefficient (Wildman–Crippen LogP) is 1.47. The third-order valence-corrected chi connectivity index (χ3v) is 3.41. The second kappa shape index (κ2) is 5.73. The van der Waals surface area contributed by atoms with Crippen LogP contribution in [-0.2, 0) is 0 Å². The number of nitrogens with one attached hydrogen (secondary N) is 1. The van der Waals surface area contributed by atoms with Crippen LogP contribution in [0.2, 0.25) is 0 Å². The maximum absolute atomic E-state index is 11.9. The van der Waals surface area contributed by atoms with Gasteiger partial charge in [0.1, 0.15) is 0 Å². The van der Waals surface area contributed by atoms with E-state index in [1.807, 2.05) is 0 Å². The fraction of sp³-hybridized carbons (Fsp3) is 0.357. The molecule has 0 saturated carbocycles. The van der Waals surface area contributed by atoms with Crippen LogP contribution in [0.3, 0.4) is 0 Å². The zero-order chi connectivity index (χ0) is 13.8. The summed E-state index contributed by atoms with van der Waals surface area (Å²) >= 11 is 0. The average Bonchev–Trinajstić information content (AvgIpc) is 3.03.